The minimum atomic E-state index is -3.80. The van der Waals surface area contributed by atoms with Crippen molar-refractivity contribution >= 4 is 27.6 Å². The van der Waals surface area contributed by atoms with Crippen LogP contribution in [-0.4, -0.2) is 26.9 Å². The lowest BCUT2D eigenvalue weighted by molar-refractivity contribution is -0.147. The fraction of sp³-hybridized carbons (Fsp3) is 0.176. The second-order valence-corrected chi connectivity index (χ2v) is 6.97. The normalized spacial score (nSPS) is 11.0. The van der Waals surface area contributed by atoms with E-state index in [0.29, 0.717) is 12.1 Å². The molecule has 7 nitrogen and oxygen atoms in total. The second-order valence-electron chi connectivity index (χ2n) is 5.40. The maximum absolute atomic E-state index is 12.8. The number of esters is 1. The summed E-state index contributed by atoms with van der Waals surface area (Å²) in [5, 5.41) is 7.44. The number of hydrogen-bond donors (Lipinski definition) is 2. The van der Waals surface area contributed by atoms with E-state index in [1.807, 2.05) is 0 Å². The van der Waals surface area contributed by atoms with E-state index in [-0.39, 0.29) is 17.1 Å². The standard InChI is InChI=1S/C17H17FN2O5S/c18-13-4-1-12(2-5-13)3-10-17(22)25-11-16(21)20-14-6-8-15(9-7-14)26(19,23)24/h1-2,4-9H,3,10-11H2,(H,20,21)(H2,19,23,24). The van der Waals surface area contributed by atoms with Crippen molar-refractivity contribution in [3.8, 4) is 0 Å². The first kappa shape index (κ1) is 19.5. The van der Waals surface area contributed by atoms with Gasteiger partial charge in [0.05, 0.1) is 4.90 Å². The van der Waals surface area contributed by atoms with E-state index in [1.54, 1.807) is 12.1 Å². The molecule has 9 heteroatoms. The molecule has 0 aliphatic carbocycles. The fourth-order valence-electron chi connectivity index (χ4n) is 2.04. The first-order chi connectivity index (χ1) is 12.2. The molecule has 0 saturated heterocycles. The first-order valence-electron chi connectivity index (χ1n) is 7.57. The van der Waals surface area contributed by atoms with Crippen LogP contribution in [0.25, 0.3) is 0 Å². The van der Waals surface area contributed by atoms with Crippen molar-refractivity contribution in [2.75, 3.05) is 11.9 Å². The predicted octanol–water partition coefficient (Wildman–Crippen LogP) is 1.59. The van der Waals surface area contributed by atoms with Gasteiger partial charge in [-0.15, -0.1) is 0 Å². The molecule has 0 aromatic heterocycles. The Labute approximate surface area is 150 Å². The van der Waals surface area contributed by atoms with Crippen molar-refractivity contribution in [3.63, 3.8) is 0 Å². The number of nitrogens with one attached hydrogen (secondary N) is 1. The highest BCUT2D eigenvalue weighted by atomic mass is 32.2. The van der Waals surface area contributed by atoms with Gasteiger partial charge in [0.25, 0.3) is 5.91 Å². The Morgan fingerprint density at radius 1 is 1.04 bits per heavy atom. The maximum atomic E-state index is 12.8. The summed E-state index contributed by atoms with van der Waals surface area (Å²) in [4.78, 5) is 23.3. The van der Waals surface area contributed by atoms with Gasteiger partial charge in [0.2, 0.25) is 10.0 Å². The summed E-state index contributed by atoms with van der Waals surface area (Å²) < 4.78 is 39.9. The smallest absolute Gasteiger partial charge is 0.306 e. The van der Waals surface area contributed by atoms with Crippen LogP contribution in [-0.2, 0) is 30.8 Å². The van der Waals surface area contributed by atoms with Gasteiger partial charge in [-0.25, -0.2) is 17.9 Å². The number of hydrogen-bond acceptors (Lipinski definition) is 5. The maximum Gasteiger partial charge on any atom is 0.306 e. The molecule has 2 aromatic carbocycles. The van der Waals surface area contributed by atoms with Gasteiger partial charge in [-0.1, -0.05) is 12.1 Å². The third kappa shape index (κ3) is 6.26. The Balaban J connectivity index is 1.75. The van der Waals surface area contributed by atoms with E-state index >= 15 is 0 Å². The lowest BCUT2D eigenvalue weighted by atomic mass is 10.1. The zero-order chi connectivity index (χ0) is 19.2. The second kappa shape index (κ2) is 8.54. The summed E-state index contributed by atoms with van der Waals surface area (Å²) in [5.74, 6) is -1.48. The molecule has 2 aromatic rings. The molecule has 1 amide bonds. The lowest BCUT2D eigenvalue weighted by Gasteiger charge is -2.07. The molecule has 0 aliphatic rings. The van der Waals surface area contributed by atoms with Crippen LogP contribution in [0.5, 0.6) is 0 Å². The van der Waals surface area contributed by atoms with Crippen molar-refractivity contribution in [2.24, 2.45) is 5.14 Å². The van der Waals surface area contributed by atoms with Gasteiger partial charge in [-0.05, 0) is 48.4 Å². The summed E-state index contributed by atoms with van der Waals surface area (Å²) in [6, 6.07) is 11.0. The quantitative estimate of drug-likeness (QED) is 0.708. The molecule has 0 fully saturated rings. The van der Waals surface area contributed by atoms with Crippen molar-refractivity contribution in [2.45, 2.75) is 17.7 Å². The highest BCUT2D eigenvalue weighted by molar-refractivity contribution is 7.89. The number of ether oxygens (including phenoxy) is 1. The molecule has 0 heterocycles. The van der Waals surface area contributed by atoms with E-state index in [2.05, 4.69) is 5.32 Å². The van der Waals surface area contributed by atoms with Crippen molar-refractivity contribution in [3.05, 3.63) is 59.9 Å². The number of amides is 1. The Hall–Kier alpha value is -2.78. The van der Waals surface area contributed by atoms with Crippen molar-refractivity contribution in [1.82, 2.24) is 0 Å². The zero-order valence-electron chi connectivity index (χ0n) is 13.6. The molecule has 0 aliphatic heterocycles. The van der Waals surface area contributed by atoms with E-state index in [4.69, 9.17) is 9.88 Å². The molecule has 0 atom stereocenters. The van der Waals surface area contributed by atoms with Crippen LogP contribution < -0.4 is 10.5 Å². The first-order valence-corrected chi connectivity index (χ1v) is 9.11. The Bertz CT molecular complexity index is 880. The third-order valence-corrected chi connectivity index (χ3v) is 4.29. The molecule has 2 rings (SSSR count). The van der Waals surface area contributed by atoms with Gasteiger partial charge >= 0.3 is 5.97 Å². The molecular formula is C17H17FN2O5S. The molecule has 0 bridgehead atoms. The predicted molar refractivity (Wildman–Crippen MR) is 92.1 cm³/mol. The Morgan fingerprint density at radius 2 is 1.65 bits per heavy atom. The highest BCUT2D eigenvalue weighted by Gasteiger charge is 2.10. The lowest BCUT2D eigenvalue weighted by Crippen LogP contribution is -2.21. The summed E-state index contributed by atoms with van der Waals surface area (Å²) in [7, 11) is -3.80. The fourth-order valence-corrected chi connectivity index (χ4v) is 2.56. The van der Waals surface area contributed by atoms with Crippen molar-refractivity contribution in [1.29, 1.82) is 0 Å². The minimum absolute atomic E-state index is 0.0575. The largest absolute Gasteiger partial charge is 0.456 e. The molecule has 0 spiro atoms. The van der Waals surface area contributed by atoms with E-state index in [1.165, 1.54) is 36.4 Å². The van der Waals surface area contributed by atoms with Gasteiger partial charge in [0.1, 0.15) is 5.82 Å². The van der Waals surface area contributed by atoms with E-state index < -0.39 is 28.5 Å². The van der Waals surface area contributed by atoms with E-state index in [0.717, 1.165) is 5.56 Å². The summed E-state index contributed by atoms with van der Waals surface area (Å²) in [5.41, 5.74) is 1.12. The highest BCUT2D eigenvalue weighted by Crippen LogP contribution is 2.12. The van der Waals surface area contributed by atoms with Gasteiger partial charge in [-0.2, -0.15) is 0 Å². The number of carbonyl (C=O) groups excluding carboxylic acids is 2. The molecule has 0 radical (unpaired) electrons. The van der Waals surface area contributed by atoms with Crippen LogP contribution >= 0.6 is 0 Å². The third-order valence-electron chi connectivity index (χ3n) is 3.36. The average molecular weight is 380 g/mol. The van der Waals surface area contributed by atoms with Gasteiger partial charge in [0, 0.05) is 12.1 Å². The van der Waals surface area contributed by atoms with Gasteiger partial charge in [-0.3, -0.25) is 9.59 Å². The number of halogens is 1. The monoisotopic (exact) mass is 380 g/mol. The summed E-state index contributed by atoms with van der Waals surface area (Å²) in [6.45, 7) is -0.473. The number of rotatable bonds is 7. The SMILES string of the molecule is NS(=O)(=O)c1ccc(NC(=O)COC(=O)CCc2ccc(F)cc2)cc1. The number of aryl methyl sites for hydroxylation is 1. The van der Waals surface area contributed by atoms with Crippen LogP contribution in [0, 0.1) is 5.82 Å². The number of anilines is 1. The molecule has 26 heavy (non-hydrogen) atoms. The summed E-state index contributed by atoms with van der Waals surface area (Å²) >= 11 is 0. The number of sulfonamides is 1. The molecule has 0 saturated carbocycles. The molecule has 3 N–H and O–H groups in total. The van der Waals surface area contributed by atoms with E-state index in [9.17, 15) is 22.4 Å². The average Bonchev–Trinajstić information content (AvgIpc) is 2.59. The van der Waals surface area contributed by atoms with Gasteiger partial charge < -0.3 is 10.1 Å². The summed E-state index contributed by atoms with van der Waals surface area (Å²) in [6.07, 6.45) is 0.428. The Kier molecular flexibility index (Phi) is 6.42. The van der Waals surface area contributed by atoms with Crippen LogP contribution in [0.15, 0.2) is 53.4 Å². The molecule has 138 valence electrons. The zero-order valence-corrected chi connectivity index (χ0v) is 14.5. The van der Waals surface area contributed by atoms with Crippen LogP contribution in [0.3, 0.4) is 0 Å². The number of primary sulfonamides is 1. The van der Waals surface area contributed by atoms with Crippen molar-refractivity contribution < 1.29 is 27.1 Å². The van der Waals surface area contributed by atoms with Crippen LogP contribution in [0.4, 0.5) is 10.1 Å². The van der Waals surface area contributed by atoms with Crippen LogP contribution in [0.1, 0.15) is 12.0 Å². The minimum Gasteiger partial charge on any atom is -0.456 e. The van der Waals surface area contributed by atoms with Crippen LogP contribution in [0.2, 0.25) is 0 Å². The molecular weight excluding hydrogens is 363 g/mol. The molecule has 0 unspecified atom stereocenters. The Morgan fingerprint density at radius 3 is 2.23 bits per heavy atom. The topological polar surface area (TPSA) is 116 Å². The number of nitrogens with two attached hydrogens (primary N) is 1. The number of benzene rings is 2. The van der Waals surface area contributed by atoms with Gasteiger partial charge in [0.15, 0.2) is 6.61 Å². The number of carbonyl (C=O) groups is 2.